The Bertz CT molecular complexity index is 1030. The van der Waals surface area contributed by atoms with E-state index in [1.165, 1.54) is 5.56 Å². The van der Waals surface area contributed by atoms with Gasteiger partial charge in [-0.25, -0.2) is 4.98 Å². The average Bonchev–Trinajstić information content (AvgIpc) is 3.09. The molecule has 6 heteroatoms. The second-order valence-electron chi connectivity index (χ2n) is 8.58. The van der Waals surface area contributed by atoms with Crippen molar-refractivity contribution in [2.75, 3.05) is 18.0 Å². The highest BCUT2D eigenvalue weighted by Crippen LogP contribution is 2.22. The van der Waals surface area contributed by atoms with E-state index < -0.39 is 0 Å². The molecule has 0 radical (unpaired) electrons. The Balaban J connectivity index is 1.28. The number of hydrogen-bond donors (Lipinski definition) is 1. The van der Waals surface area contributed by atoms with Crippen LogP contribution in [0.3, 0.4) is 0 Å². The zero-order chi connectivity index (χ0) is 21.8. The van der Waals surface area contributed by atoms with Crippen molar-refractivity contribution in [2.45, 2.75) is 46.7 Å². The number of aromatic nitrogens is 3. The number of piperidine rings is 1. The monoisotopic (exact) mass is 417 g/mol. The number of carbonyl (C=O) groups excluding carboxylic acids is 1. The van der Waals surface area contributed by atoms with Crippen molar-refractivity contribution in [3.8, 4) is 0 Å². The van der Waals surface area contributed by atoms with Gasteiger partial charge in [0, 0.05) is 37.4 Å². The van der Waals surface area contributed by atoms with E-state index in [1.807, 2.05) is 24.7 Å². The number of carbonyl (C=O) groups is 1. The van der Waals surface area contributed by atoms with Gasteiger partial charge < -0.3 is 10.2 Å². The lowest BCUT2D eigenvalue weighted by Gasteiger charge is -2.32. The lowest BCUT2D eigenvalue weighted by molar-refractivity contribution is -0.125. The molecule has 4 rings (SSSR count). The molecule has 0 bridgehead atoms. The summed E-state index contributed by atoms with van der Waals surface area (Å²) in [5.74, 6) is 1.23. The van der Waals surface area contributed by atoms with Crippen LogP contribution in [-0.2, 0) is 17.9 Å². The third-order valence-electron chi connectivity index (χ3n) is 5.98. The number of amides is 1. The first-order valence-corrected chi connectivity index (χ1v) is 11.0. The fourth-order valence-electron chi connectivity index (χ4n) is 4.20. The summed E-state index contributed by atoms with van der Waals surface area (Å²) in [4.78, 5) is 19.5. The van der Waals surface area contributed by atoms with Gasteiger partial charge in [-0.1, -0.05) is 30.3 Å². The molecule has 0 unspecified atom stereocenters. The first-order valence-electron chi connectivity index (χ1n) is 11.0. The van der Waals surface area contributed by atoms with Crippen LogP contribution in [0.2, 0.25) is 0 Å². The van der Waals surface area contributed by atoms with Crippen LogP contribution < -0.4 is 10.2 Å². The minimum atomic E-state index is 0.0691. The van der Waals surface area contributed by atoms with Gasteiger partial charge in [-0.05, 0) is 62.4 Å². The highest BCUT2D eigenvalue weighted by Gasteiger charge is 2.25. The van der Waals surface area contributed by atoms with Gasteiger partial charge in [-0.3, -0.25) is 9.48 Å². The Kier molecular flexibility index (Phi) is 6.35. The first kappa shape index (κ1) is 21.1. The van der Waals surface area contributed by atoms with Gasteiger partial charge >= 0.3 is 0 Å². The van der Waals surface area contributed by atoms with Crippen LogP contribution in [0, 0.1) is 26.7 Å². The highest BCUT2D eigenvalue weighted by molar-refractivity contribution is 5.79. The van der Waals surface area contributed by atoms with Gasteiger partial charge in [0.1, 0.15) is 5.82 Å². The average molecular weight is 418 g/mol. The van der Waals surface area contributed by atoms with Crippen molar-refractivity contribution < 1.29 is 4.79 Å². The smallest absolute Gasteiger partial charge is 0.223 e. The predicted molar refractivity (Wildman–Crippen MR) is 123 cm³/mol. The van der Waals surface area contributed by atoms with E-state index in [9.17, 15) is 4.79 Å². The van der Waals surface area contributed by atoms with Crippen LogP contribution in [0.25, 0.3) is 0 Å². The van der Waals surface area contributed by atoms with Gasteiger partial charge in [0.25, 0.3) is 0 Å². The molecule has 0 aliphatic carbocycles. The van der Waals surface area contributed by atoms with Crippen LogP contribution in [0.4, 0.5) is 5.82 Å². The molecule has 3 aromatic rings. The molecule has 0 spiro atoms. The van der Waals surface area contributed by atoms with E-state index in [4.69, 9.17) is 0 Å². The quantitative estimate of drug-likeness (QED) is 0.663. The maximum absolute atomic E-state index is 12.7. The molecule has 1 N–H and O–H groups in total. The van der Waals surface area contributed by atoms with Crippen LogP contribution >= 0.6 is 0 Å². The maximum Gasteiger partial charge on any atom is 0.223 e. The summed E-state index contributed by atoms with van der Waals surface area (Å²) < 4.78 is 2.02. The number of anilines is 1. The highest BCUT2D eigenvalue weighted by atomic mass is 16.1. The van der Waals surface area contributed by atoms with E-state index in [0.29, 0.717) is 6.54 Å². The zero-order valence-corrected chi connectivity index (χ0v) is 18.6. The minimum Gasteiger partial charge on any atom is -0.357 e. The molecule has 1 amide bonds. The third kappa shape index (κ3) is 5.32. The lowest BCUT2D eigenvalue weighted by atomic mass is 9.95. The van der Waals surface area contributed by atoms with Crippen molar-refractivity contribution in [2.24, 2.45) is 5.92 Å². The normalized spacial score (nSPS) is 14.6. The van der Waals surface area contributed by atoms with Crippen molar-refractivity contribution in [1.82, 2.24) is 20.1 Å². The largest absolute Gasteiger partial charge is 0.357 e. The van der Waals surface area contributed by atoms with Crippen LogP contribution in [0.1, 0.15) is 40.9 Å². The number of benzene rings is 1. The molecular weight excluding hydrogens is 386 g/mol. The summed E-state index contributed by atoms with van der Waals surface area (Å²) in [6.45, 7) is 9.17. The molecular formula is C25H31N5O. The number of rotatable bonds is 6. The van der Waals surface area contributed by atoms with Crippen molar-refractivity contribution in [3.05, 3.63) is 76.7 Å². The third-order valence-corrected chi connectivity index (χ3v) is 5.98. The molecule has 1 saturated heterocycles. The minimum absolute atomic E-state index is 0.0691. The Morgan fingerprint density at radius 1 is 1.06 bits per heavy atom. The van der Waals surface area contributed by atoms with Crippen molar-refractivity contribution in [1.29, 1.82) is 0 Å². The molecule has 31 heavy (non-hydrogen) atoms. The van der Waals surface area contributed by atoms with Gasteiger partial charge in [0.2, 0.25) is 5.91 Å². The molecule has 0 atom stereocenters. The molecule has 1 fully saturated rings. The molecule has 2 aromatic heterocycles. The Morgan fingerprint density at radius 3 is 2.52 bits per heavy atom. The summed E-state index contributed by atoms with van der Waals surface area (Å²) in [6, 6.07) is 14.6. The Hall–Kier alpha value is -3.15. The number of aryl methyl sites for hydroxylation is 3. The molecule has 1 aromatic carbocycles. The van der Waals surface area contributed by atoms with E-state index >= 15 is 0 Å². The molecule has 3 heterocycles. The summed E-state index contributed by atoms with van der Waals surface area (Å²) in [5, 5.41) is 7.68. The topological polar surface area (TPSA) is 63.1 Å². The van der Waals surface area contributed by atoms with Crippen LogP contribution in [-0.4, -0.2) is 33.8 Å². The van der Waals surface area contributed by atoms with E-state index in [2.05, 4.69) is 69.7 Å². The molecule has 1 aliphatic rings. The number of nitrogens with one attached hydrogen (secondary N) is 1. The standard InChI is InChI=1S/C25H31N5O/c1-18-7-8-24(26-15-18)29-11-9-23(10-12-29)25(31)27-16-21-5-4-6-22(14-21)17-30-20(3)13-19(2)28-30/h4-8,13-15,23H,9-12,16-17H2,1-3H3,(H,27,31). The first-order chi connectivity index (χ1) is 15.0. The second-order valence-corrected chi connectivity index (χ2v) is 8.58. The van der Waals surface area contributed by atoms with Gasteiger partial charge in [-0.15, -0.1) is 0 Å². The predicted octanol–water partition coefficient (Wildman–Crippen LogP) is 3.78. The number of hydrogen-bond acceptors (Lipinski definition) is 4. The van der Waals surface area contributed by atoms with Gasteiger partial charge in [0.05, 0.1) is 12.2 Å². The summed E-state index contributed by atoms with van der Waals surface area (Å²) >= 11 is 0. The molecule has 162 valence electrons. The fourth-order valence-corrected chi connectivity index (χ4v) is 4.20. The Labute approximate surface area is 184 Å². The van der Waals surface area contributed by atoms with E-state index in [0.717, 1.165) is 60.8 Å². The van der Waals surface area contributed by atoms with Gasteiger partial charge in [-0.2, -0.15) is 5.10 Å². The molecule has 6 nitrogen and oxygen atoms in total. The Morgan fingerprint density at radius 2 is 1.84 bits per heavy atom. The van der Waals surface area contributed by atoms with Crippen LogP contribution in [0.15, 0.2) is 48.7 Å². The SMILES string of the molecule is Cc1ccc(N2CCC(C(=O)NCc3cccc(Cn4nc(C)cc4C)c3)CC2)nc1. The maximum atomic E-state index is 12.7. The summed E-state index contributed by atoms with van der Waals surface area (Å²) in [5.41, 5.74) is 5.66. The number of nitrogens with zero attached hydrogens (tertiary/aromatic N) is 4. The fraction of sp³-hybridized carbons (Fsp3) is 0.400. The van der Waals surface area contributed by atoms with Gasteiger partial charge in [0.15, 0.2) is 0 Å². The second kappa shape index (κ2) is 9.33. The van der Waals surface area contributed by atoms with Crippen molar-refractivity contribution in [3.63, 3.8) is 0 Å². The summed E-state index contributed by atoms with van der Waals surface area (Å²) in [7, 11) is 0. The molecule has 1 aliphatic heterocycles. The van der Waals surface area contributed by atoms with E-state index in [1.54, 1.807) is 0 Å². The van der Waals surface area contributed by atoms with Crippen LogP contribution in [0.5, 0.6) is 0 Å². The summed E-state index contributed by atoms with van der Waals surface area (Å²) in [6.07, 6.45) is 3.62. The zero-order valence-electron chi connectivity index (χ0n) is 18.6. The lowest BCUT2D eigenvalue weighted by Crippen LogP contribution is -2.40. The molecule has 0 saturated carbocycles. The van der Waals surface area contributed by atoms with Crippen molar-refractivity contribution >= 4 is 11.7 Å². The number of pyridine rings is 1. The van der Waals surface area contributed by atoms with E-state index in [-0.39, 0.29) is 11.8 Å².